The molecular formula is C23H26F3N7O2. The summed E-state index contributed by atoms with van der Waals surface area (Å²) in [4.78, 5) is 14.7. The molecule has 0 bridgehead atoms. The third kappa shape index (κ3) is 4.80. The Kier molecular flexibility index (Phi) is 6.09. The van der Waals surface area contributed by atoms with E-state index in [1.165, 1.54) is 12.1 Å². The minimum atomic E-state index is -4.33. The summed E-state index contributed by atoms with van der Waals surface area (Å²) in [6.45, 7) is 5.61. The molecule has 2 aliphatic heterocycles. The molecule has 0 radical (unpaired) electrons. The Labute approximate surface area is 199 Å². The van der Waals surface area contributed by atoms with E-state index in [0.717, 1.165) is 36.4 Å². The summed E-state index contributed by atoms with van der Waals surface area (Å²) in [6.07, 6.45) is -1.95. The summed E-state index contributed by atoms with van der Waals surface area (Å²) in [5.41, 5.74) is 1.76. The molecular weight excluding hydrogens is 463 g/mol. The Morgan fingerprint density at radius 2 is 2.00 bits per heavy atom. The lowest BCUT2D eigenvalue weighted by Crippen LogP contribution is -2.44. The molecule has 1 spiro atoms. The molecule has 0 saturated carbocycles. The van der Waals surface area contributed by atoms with Gasteiger partial charge >= 0.3 is 6.18 Å². The van der Waals surface area contributed by atoms with Crippen molar-refractivity contribution in [1.29, 1.82) is 0 Å². The summed E-state index contributed by atoms with van der Waals surface area (Å²) >= 11 is 0. The minimum Gasteiger partial charge on any atom is -0.365 e. The first-order valence-electron chi connectivity index (χ1n) is 11.5. The molecule has 1 aromatic carbocycles. The van der Waals surface area contributed by atoms with Crippen molar-refractivity contribution < 1.29 is 22.7 Å². The van der Waals surface area contributed by atoms with Crippen molar-refractivity contribution in [3.05, 3.63) is 64.7 Å². The van der Waals surface area contributed by atoms with Crippen LogP contribution in [0.3, 0.4) is 0 Å². The summed E-state index contributed by atoms with van der Waals surface area (Å²) in [5, 5.41) is 15.5. The van der Waals surface area contributed by atoms with Crippen molar-refractivity contribution in [2.45, 2.75) is 57.9 Å². The number of aromatic nitrogens is 5. The molecule has 1 N–H and O–H groups in total. The van der Waals surface area contributed by atoms with Crippen LogP contribution >= 0.6 is 0 Å². The number of benzene rings is 1. The molecule has 4 heterocycles. The Morgan fingerprint density at radius 1 is 1.20 bits per heavy atom. The van der Waals surface area contributed by atoms with E-state index in [2.05, 4.69) is 25.6 Å². The molecule has 2 aromatic heterocycles. The zero-order chi connectivity index (χ0) is 24.6. The quantitative estimate of drug-likeness (QED) is 0.573. The first-order chi connectivity index (χ1) is 16.8. The summed E-state index contributed by atoms with van der Waals surface area (Å²) in [6, 6.07) is 6.97. The molecule has 1 fully saturated rings. The third-order valence-corrected chi connectivity index (χ3v) is 6.62. The van der Waals surface area contributed by atoms with E-state index in [1.54, 1.807) is 16.9 Å². The Balaban J connectivity index is 1.18. The largest absolute Gasteiger partial charge is 0.416 e. The highest BCUT2D eigenvalue weighted by molar-refractivity contribution is 5.92. The number of likely N-dealkylation sites (tertiary alicyclic amines) is 1. The van der Waals surface area contributed by atoms with Crippen molar-refractivity contribution in [2.24, 2.45) is 0 Å². The SMILES string of the molecule is CCn1nccc1C(=O)NCc1nnn2c1COC1(CCN(Cc3ccc(C(F)(F)F)cc3)C1)C2. The number of alkyl halides is 3. The number of carbonyl (C=O) groups excluding carboxylic acids is 1. The lowest BCUT2D eigenvalue weighted by Gasteiger charge is -2.34. The van der Waals surface area contributed by atoms with Gasteiger partial charge in [-0.05, 0) is 37.1 Å². The van der Waals surface area contributed by atoms with Crippen LogP contribution in [0.25, 0.3) is 0 Å². The summed E-state index contributed by atoms with van der Waals surface area (Å²) in [7, 11) is 0. The Bertz CT molecular complexity index is 1200. The van der Waals surface area contributed by atoms with Gasteiger partial charge in [0.2, 0.25) is 0 Å². The second-order valence-corrected chi connectivity index (χ2v) is 8.98. The zero-order valence-corrected chi connectivity index (χ0v) is 19.3. The Hall–Kier alpha value is -3.25. The topological polar surface area (TPSA) is 90.1 Å². The molecule has 12 heteroatoms. The number of halogens is 3. The van der Waals surface area contributed by atoms with Gasteiger partial charge in [0.25, 0.3) is 5.91 Å². The van der Waals surface area contributed by atoms with E-state index in [9.17, 15) is 18.0 Å². The van der Waals surface area contributed by atoms with Crippen molar-refractivity contribution in [1.82, 2.24) is 35.0 Å². The van der Waals surface area contributed by atoms with Crippen LogP contribution in [0.2, 0.25) is 0 Å². The molecule has 1 atom stereocenters. The molecule has 1 saturated heterocycles. The number of hydrogen-bond acceptors (Lipinski definition) is 6. The van der Waals surface area contributed by atoms with Gasteiger partial charge in [0.05, 0.1) is 31.0 Å². The number of hydrogen-bond donors (Lipinski definition) is 1. The third-order valence-electron chi connectivity index (χ3n) is 6.62. The highest BCUT2D eigenvalue weighted by atomic mass is 19.4. The fourth-order valence-corrected chi connectivity index (χ4v) is 4.73. The number of rotatable bonds is 6. The van der Waals surface area contributed by atoms with E-state index in [4.69, 9.17) is 4.74 Å². The van der Waals surface area contributed by atoms with Gasteiger partial charge in [-0.15, -0.1) is 5.10 Å². The van der Waals surface area contributed by atoms with Crippen LogP contribution in [0.1, 0.15) is 46.3 Å². The molecule has 0 aliphatic carbocycles. The lowest BCUT2D eigenvalue weighted by molar-refractivity contribution is -0.137. The zero-order valence-electron chi connectivity index (χ0n) is 19.3. The van der Waals surface area contributed by atoms with E-state index < -0.39 is 17.3 Å². The summed E-state index contributed by atoms with van der Waals surface area (Å²) < 4.78 is 48.2. The average molecular weight is 490 g/mol. The van der Waals surface area contributed by atoms with Gasteiger partial charge < -0.3 is 10.1 Å². The van der Waals surface area contributed by atoms with Crippen LogP contribution in [-0.2, 0) is 43.7 Å². The maximum Gasteiger partial charge on any atom is 0.416 e. The van der Waals surface area contributed by atoms with Crippen molar-refractivity contribution in [2.75, 3.05) is 13.1 Å². The van der Waals surface area contributed by atoms with Crippen LogP contribution in [0.4, 0.5) is 13.2 Å². The first-order valence-corrected chi connectivity index (χ1v) is 11.5. The van der Waals surface area contributed by atoms with Crippen molar-refractivity contribution in [3.8, 4) is 0 Å². The number of carbonyl (C=O) groups is 1. The van der Waals surface area contributed by atoms with Crippen LogP contribution in [-0.4, -0.2) is 54.3 Å². The predicted molar refractivity (Wildman–Crippen MR) is 118 cm³/mol. The van der Waals surface area contributed by atoms with E-state index in [-0.39, 0.29) is 12.5 Å². The maximum atomic E-state index is 12.8. The van der Waals surface area contributed by atoms with Gasteiger partial charge in [0.1, 0.15) is 17.0 Å². The monoisotopic (exact) mass is 489 g/mol. The first kappa shape index (κ1) is 23.5. The normalized spacial score (nSPS) is 20.3. The smallest absolute Gasteiger partial charge is 0.365 e. The van der Waals surface area contributed by atoms with Gasteiger partial charge in [-0.3, -0.25) is 14.4 Å². The van der Waals surface area contributed by atoms with E-state index >= 15 is 0 Å². The van der Waals surface area contributed by atoms with Crippen LogP contribution < -0.4 is 5.32 Å². The van der Waals surface area contributed by atoms with Crippen molar-refractivity contribution in [3.63, 3.8) is 0 Å². The van der Waals surface area contributed by atoms with Gasteiger partial charge in [-0.1, -0.05) is 17.3 Å². The number of nitrogens with zero attached hydrogens (tertiary/aromatic N) is 6. The standard InChI is InChI=1S/C23H26F3N7O2/c1-2-32-19(7-9-28-32)21(34)27-11-18-20-13-35-22(15-33(20)30-29-18)8-10-31(14-22)12-16-3-5-17(6-4-16)23(24,25)26/h3-7,9H,2,8,10-15H2,1H3,(H,27,34). The fraction of sp³-hybridized carbons (Fsp3) is 0.478. The highest BCUT2D eigenvalue weighted by Crippen LogP contribution is 2.34. The number of aryl methyl sites for hydroxylation is 1. The minimum absolute atomic E-state index is 0.228. The Morgan fingerprint density at radius 3 is 2.74 bits per heavy atom. The van der Waals surface area contributed by atoms with Crippen LogP contribution in [0.5, 0.6) is 0 Å². The molecule has 35 heavy (non-hydrogen) atoms. The maximum absolute atomic E-state index is 12.8. The molecule has 186 valence electrons. The van der Waals surface area contributed by atoms with Gasteiger partial charge in [0, 0.05) is 32.4 Å². The summed E-state index contributed by atoms with van der Waals surface area (Å²) in [5.74, 6) is -0.228. The molecule has 1 amide bonds. The van der Waals surface area contributed by atoms with Gasteiger partial charge in [-0.2, -0.15) is 18.3 Å². The second-order valence-electron chi connectivity index (χ2n) is 8.98. The van der Waals surface area contributed by atoms with Gasteiger partial charge in [-0.25, -0.2) is 4.68 Å². The number of amides is 1. The molecule has 9 nitrogen and oxygen atoms in total. The van der Waals surface area contributed by atoms with Crippen LogP contribution in [0, 0.1) is 0 Å². The number of fused-ring (bicyclic) bond motifs is 1. The molecule has 5 rings (SSSR count). The average Bonchev–Trinajstić information content (AvgIpc) is 3.56. The molecule has 3 aromatic rings. The lowest BCUT2D eigenvalue weighted by atomic mass is 10.0. The van der Waals surface area contributed by atoms with Gasteiger partial charge in [0.15, 0.2) is 0 Å². The highest BCUT2D eigenvalue weighted by Gasteiger charge is 2.43. The second kappa shape index (κ2) is 9.08. The van der Waals surface area contributed by atoms with E-state index in [0.29, 0.717) is 44.2 Å². The molecule has 1 unspecified atom stereocenters. The van der Waals surface area contributed by atoms with Crippen LogP contribution in [0.15, 0.2) is 36.5 Å². The van der Waals surface area contributed by atoms with E-state index in [1.807, 2.05) is 11.6 Å². The fourth-order valence-electron chi connectivity index (χ4n) is 4.73. The molecule has 2 aliphatic rings. The van der Waals surface area contributed by atoms with Crippen molar-refractivity contribution >= 4 is 5.91 Å². The number of ether oxygens (including phenoxy) is 1. The number of nitrogens with one attached hydrogen (secondary N) is 1. The predicted octanol–water partition coefficient (Wildman–Crippen LogP) is 2.62.